The van der Waals surface area contributed by atoms with Gasteiger partial charge in [-0.05, 0) is 0 Å². The summed E-state index contributed by atoms with van der Waals surface area (Å²) in [6.07, 6.45) is 0. The highest BCUT2D eigenvalue weighted by Crippen LogP contribution is 2.28. The molecule has 0 aliphatic carbocycles. The molecule has 2 N–H and O–H groups in total. The molecule has 0 amide bonds. The fourth-order valence-corrected chi connectivity index (χ4v) is 3.15. The molecule has 1 aliphatic heterocycles. The zero-order valence-electron chi connectivity index (χ0n) is 8.79. The van der Waals surface area contributed by atoms with Gasteiger partial charge in [0.1, 0.15) is 12.0 Å². The molecule has 0 bridgehead atoms. The third-order valence-corrected chi connectivity index (χ3v) is 3.97. The number of carboxylic acid groups (broad SMARTS) is 2. The zero-order chi connectivity index (χ0) is 12.4. The topological polar surface area (TPSA) is 96.9 Å². The molecular formula is C11H10NO4S-. The van der Waals surface area contributed by atoms with E-state index in [9.17, 15) is 19.8 Å². The lowest BCUT2D eigenvalue weighted by Gasteiger charge is -2.15. The van der Waals surface area contributed by atoms with Gasteiger partial charge in [-0.3, -0.25) is 0 Å². The Bertz CT molecular complexity index is 463. The summed E-state index contributed by atoms with van der Waals surface area (Å²) in [4.78, 5) is 21.6. The van der Waals surface area contributed by atoms with E-state index in [-0.39, 0.29) is 10.9 Å². The van der Waals surface area contributed by atoms with Gasteiger partial charge < -0.3 is 25.1 Å². The molecule has 0 saturated carbocycles. The van der Waals surface area contributed by atoms with Gasteiger partial charge in [0, 0.05) is 11.1 Å². The summed E-state index contributed by atoms with van der Waals surface area (Å²) in [5.41, 5.74) is 0.696. The van der Waals surface area contributed by atoms with Crippen molar-refractivity contribution >= 4 is 23.7 Å². The third-order valence-electron chi connectivity index (χ3n) is 2.65. The van der Waals surface area contributed by atoms with Crippen molar-refractivity contribution in [1.82, 2.24) is 0 Å². The van der Waals surface area contributed by atoms with Crippen LogP contribution in [0.4, 0.5) is 0 Å². The first-order chi connectivity index (χ1) is 8.09. The van der Waals surface area contributed by atoms with Crippen molar-refractivity contribution in [2.45, 2.75) is 11.4 Å². The van der Waals surface area contributed by atoms with E-state index < -0.39 is 18.0 Å². The summed E-state index contributed by atoms with van der Waals surface area (Å²) in [6.45, 7) is 0. The van der Waals surface area contributed by atoms with Crippen LogP contribution < -0.4 is 15.5 Å². The van der Waals surface area contributed by atoms with Gasteiger partial charge >= 0.3 is 0 Å². The van der Waals surface area contributed by atoms with Crippen molar-refractivity contribution in [1.29, 1.82) is 0 Å². The molecular weight excluding hydrogens is 242 g/mol. The number of nitrogens with two attached hydrogens (primary N) is 1. The van der Waals surface area contributed by atoms with Crippen LogP contribution in [-0.4, -0.2) is 23.7 Å². The van der Waals surface area contributed by atoms with Crippen LogP contribution in [0, 0.1) is 0 Å². The molecule has 5 nitrogen and oxygen atoms in total. The number of carboxylic acids is 2. The quantitative estimate of drug-likeness (QED) is 0.640. The highest BCUT2D eigenvalue weighted by atomic mass is 32.2. The fraction of sp³-hybridized carbons (Fsp3) is 0.273. The summed E-state index contributed by atoms with van der Waals surface area (Å²) in [5, 5.41) is 23.0. The van der Waals surface area contributed by atoms with Crippen LogP contribution >= 0.6 is 11.8 Å². The second kappa shape index (κ2) is 4.77. The second-order valence-electron chi connectivity index (χ2n) is 3.75. The maximum atomic E-state index is 10.9. The molecule has 0 radical (unpaired) electrons. The Morgan fingerprint density at radius 1 is 1.29 bits per heavy atom. The first-order valence-corrected chi connectivity index (χ1v) is 6.12. The van der Waals surface area contributed by atoms with E-state index in [2.05, 4.69) is 0 Å². The highest BCUT2D eigenvalue weighted by molar-refractivity contribution is 7.99. The first-order valence-electron chi connectivity index (χ1n) is 5.07. The average Bonchev–Trinajstić information content (AvgIpc) is 2.78. The van der Waals surface area contributed by atoms with Gasteiger partial charge in [-0.15, -0.1) is 0 Å². The van der Waals surface area contributed by atoms with Crippen LogP contribution in [0.15, 0.2) is 24.3 Å². The van der Waals surface area contributed by atoms with Gasteiger partial charge in [-0.1, -0.05) is 36.0 Å². The Balaban J connectivity index is 2.24. The number of rotatable bonds is 3. The van der Waals surface area contributed by atoms with E-state index in [1.165, 1.54) is 17.8 Å². The monoisotopic (exact) mass is 252 g/mol. The van der Waals surface area contributed by atoms with Crippen molar-refractivity contribution in [3.8, 4) is 0 Å². The minimum atomic E-state index is -1.24. The number of aromatic carboxylic acids is 1. The summed E-state index contributed by atoms with van der Waals surface area (Å²) in [6, 6.07) is 5.86. The molecule has 2 rings (SSSR count). The minimum Gasteiger partial charge on any atom is -0.545 e. The number of carbonyl (C=O) groups excluding carboxylic acids is 2. The van der Waals surface area contributed by atoms with Crippen LogP contribution in [0.5, 0.6) is 0 Å². The van der Waals surface area contributed by atoms with E-state index in [0.29, 0.717) is 11.3 Å². The summed E-state index contributed by atoms with van der Waals surface area (Å²) >= 11 is 1.40. The highest BCUT2D eigenvalue weighted by Gasteiger charge is 2.32. The Labute approximate surface area is 102 Å². The van der Waals surface area contributed by atoms with Gasteiger partial charge in [0.2, 0.25) is 0 Å². The molecule has 1 saturated heterocycles. The zero-order valence-corrected chi connectivity index (χ0v) is 9.61. The average molecular weight is 252 g/mol. The second-order valence-corrected chi connectivity index (χ2v) is 4.92. The lowest BCUT2D eigenvalue weighted by Crippen LogP contribution is -2.90. The smallest absolute Gasteiger partial charge is 0.160 e. The van der Waals surface area contributed by atoms with Crippen LogP contribution in [0.1, 0.15) is 21.3 Å². The van der Waals surface area contributed by atoms with Crippen molar-refractivity contribution in [2.24, 2.45) is 0 Å². The first kappa shape index (κ1) is 11.9. The lowest BCUT2D eigenvalue weighted by molar-refractivity contribution is -0.690. The van der Waals surface area contributed by atoms with E-state index in [1.54, 1.807) is 23.5 Å². The maximum Gasteiger partial charge on any atom is 0.160 e. The van der Waals surface area contributed by atoms with Gasteiger partial charge in [-0.2, -0.15) is 0 Å². The van der Waals surface area contributed by atoms with E-state index >= 15 is 0 Å². The van der Waals surface area contributed by atoms with Crippen molar-refractivity contribution in [3.63, 3.8) is 0 Å². The van der Waals surface area contributed by atoms with Crippen molar-refractivity contribution < 1.29 is 25.1 Å². The van der Waals surface area contributed by atoms with Crippen molar-refractivity contribution in [2.75, 3.05) is 5.75 Å². The van der Waals surface area contributed by atoms with E-state index in [4.69, 9.17) is 0 Å². The molecule has 90 valence electrons. The molecule has 0 unspecified atom stereocenters. The normalized spacial score (nSPS) is 23.5. The molecule has 1 fully saturated rings. The predicted octanol–water partition coefficient (Wildman–Crippen LogP) is -2.52. The number of benzene rings is 1. The number of quaternary nitrogens is 1. The van der Waals surface area contributed by atoms with Gasteiger partial charge in [0.25, 0.3) is 0 Å². The molecule has 1 heterocycles. The third kappa shape index (κ3) is 2.42. The number of hydrogen-bond donors (Lipinski definition) is 1. The SMILES string of the molecule is O=C([O-])c1ccccc1[C@@H]1[NH2+][C@@H](C(=O)[O-])CS1. The standard InChI is InChI=1S/C11H11NO4S/c13-10(14)7-4-2-1-3-6(7)9-12-8(5-17-9)11(15)16/h1-4,8-9,12H,5H2,(H,13,14)(H,15,16)/p-1/t8-,9-/m1/s1. The van der Waals surface area contributed by atoms with Crippen LogP contribution in [0.3, 0.4) is 0 Å². The van der Waals surface area contributed by atoms with E-state index in [0.717, 1.165) is 0 Å². The van der Waals surface area contributed by atoms with Crippen LogP contribution in [-0.2, 0) is 4.79 Å². The number of thioether (sulfide) groups is 1. The number of hydrogen-bond acceptors (Lipinski definition) is 5. The molecule has 0 aromatic heterocycles. The molecule has 1 aliphatic rings. The van der Waals surface area contributed by atoms with Crippen molar-refractivity contribution in [3.05, 3.63) is 35.4 Å². The molecule has 0 spiro atoms. The molecule has 17 heavy (non-hydrogen) atoms. The number of carbonyl (C=O) groups is 2. The number of aliphatic carboxylic acids is 1. The summed E-state index contributed by atoms with van der Waals surface area (Å²) in [5.74, 6) is -1.95. The molecule has 2 atom stereocenters. The predicted molar refractivity (Wildman–Crippen MR) is 56.7 cm³/mol. The summed E-state index contributed by atoms with van der Waals surface area (Å²) < 4.78 is 0. The lowest BCUT2D eigenvalue weighted by atomic mass is 10.1. The summed E-state index contributed by atoms with van der Waals surface area (Å²) in [7, 11) is 0. The molecule has 1 aromatic rings. The van der Waals surface area contributed by atoms with Gasteiger partial charge in [-0.25, -0.2) is 0 Å². The molecule has 1 aromatic carbocycles. The van der Waals surface area contributed by atoms with Crippen LogP contribution in [0.2, 0.25) is 0 Å². The van der Waals surface area contributed by atoms with E-state index in [1.807, 2.05) is 0 Å². The Morgan fingerprint density at radius 3 is 2.59 bits per heavy atom. The maximum absolute atomic E-state index is 10.9. The largest absolute Gasteiger partial charge is 0.545 e. The van der Waals surface area contributed by atoms with Gasteiger partial charge in [0.05, 0.1) is 11.7 Å². The van der Waals surface area contributed by atoms with Gasteiger partial charge in [0.15, 0.2) is 5.37 Å². The fourth-order valence-electron chi connectivity index (χ4n) is 1.80. The molecule has 6 heteroatoms. The van der Waals surface area contributed by atoms with Crippen LogP contribution in [0.25, 0.3) is 0 Å². The minimum absolute atomic E-state index is 0.111. The Morgan fingerprint density at radius 2 is 2.00 bits per heavy atom. The Kier molecular flexibility index (Phi) is 3.35. The Hall–Kier alpha value is -1.53.